The molecule has 3 heteroatoms. The standard InChI is InChI=1S/C18H21NO2/c19-9-8-16-15-7-4-10-21-17(15)12-14(18(16)20)11-13-5-2-1-3-6-13/h1-3,5-6,12,20H,4,7-11,19H2. The summed E-state index contributed by atoms with van der Waals surface area (Å²) in [4.78, 5) is 0. The van der Waals surface area contributed by atoms with Crippen LogP contribution < -0.4 is 10.5 Å². The van der Waals surface area contributed by atoms with Gasteiger partial charge in [-0.2, -0.15) is 0 Å². The quantitative estimate of drug-likeness (QED) is 0.907. The van der Waals surface area contributed by atoms with Crippen LogP contribution in [0.15, 0.2) is 36.4 Å². The first-order valence-electron chi connectivity index (χ1n) is 7.53. The number of fused-ring (bicyclic) bond motifs is 1. The molecule has 0 aromatic heterocycles. The van der Waals surface area contributed by atoms with Gasteiger partial charge >= 0.3 is 0 Å². The highest BCUT2D eigenvalue weighted by Gasteiger charge is 2.20. The SMILES string of the molecule is NCCc1c(O)c(Cc2ccccc2)cc2c1CCCO2. The van der Waals surface area contributed by atoms with Gasteiger partial charge in [-0.1, -0.05) is 30.3 Å². The van der Waals surface area contributed by atoms with Crippen molar-refractivity contribution >= 4 is 0 Å². The molecule has 3 nitrogen and oxygen atoms in total. The van der Waals surface area contributed by atoms with Crippen LogP contribution in [0.5, 0.6) is 11.5 Å². The predicted octanol–water partition coefficient (Wildman–Crippen LogP) is 2.81. The number of ether oxygens (including phenoxy) is 1. The van der Waals surface area contributed by atoms with Crippen molar-refractivity contribution < 1.29 is 9.84 Å². The molecule has 1 aliphatic heterocycles. The number of benzene rings is 2. The fourth-order valence-electron chi connectivity index (χ4n) is 3.00. The molecule has 110 valence electrons. The van der Waals surface area contributed by atoms with Gasteiger partial charge in [-0.05, 0) is 37.4 Å². The first kappa shape index (κ1) is 14.0. The number of phenolic OH excluding ortho intramolecular Hbond substituents is 1. The lowest BCUT2D eigenvalue weighted by Gasteiger charge is -2.23. The summed E-state index contributed by atoms with van der Waals surface area (Å²) in [6.07, 6.45) is 3.37. The van der Waals surface area contributed by atoms with Gasteiger partial charge in [0.1, 0.15) is 11.5 Å². The molecule has 3 rings (SSSR count). The molecule has 0 unspecified atom stereocenters. The summed E-state index contributed by atoms with van der Waals surface area (Å²) < 4.78 is 5.79. The van der Waals surface area contributed by atoms with E-state index in [1.807, 2.05) is 24.3 Å². The van der Waals surface area contributed by atoms with Crippen LogP contribution in [-0.4, -0.2) is 18.3 Å². The normalized spacial score (nSPS) is 13.6. The molecule has 21 heavy (non-hydrogen) atoms. The Bertz CT molecular complexity index is 623. The molecule has 2 aromatic rings. The van der Waals surface area contributed by atoms with Gasteiger partial charge in [-0.3, -0.25) is 0 Å². The Morgan fingerprint density at radius 2 is 2.00 bits per heavy atom. The monoisotopic (exact) mass is 283 g/mol. The third-order valence-corrected chi connectivity index (χ3v) is 4.02. The summed E-state index contributed by atoms with van der Waals surface area (Å²) in [5.74, 6) is 1.32. The van der Waals surface area contributed by atoms with Crippen LogP contribution in [0.4, 0.5) is 0 Å². The number of hydrogen-bond donors (Lipinski definition) is 2. The molecule has 0 bridgehead atoms. The van der Waals surface area contributed by atoms with Crippen LogP contribution in [0, 0.1) is 0 Å². The second-order valence-electron chi connectivity index (χ2n) is 5.49. The minimum absolute atomic E-state index is 0.397. The maximum absolute atomic E-state index is 10.6. The van der Waals surface area contributed by atoms with E-state index in [4.69, 9.17) is 10.5 Å². The fourth-order valence-corrected chi connectivity index (χ4v) is 3.00. The van der Waals surface area contributed by atoms with Gasteiger partial charge in [-0.25, -0.2) is 0 Å². The summed E-state index contributed by atoms with van der Waals surface area (Å²) in [5, 5.41) is 10.6. The van der Waals surface area contributed by atoms with E-state index in [1.54, 1.807) is 0 Å². The zero-order valence-electron chi connectivity index (χ0n) is 12.1. The summed E-state index contributed by atoms with van der Waals surface area (Å²) in [6, 6.07) is 12.2. The highest BCUT2D eigenvalue weighted by Crippen LogP contribution is 2.37. The summed E-state index contributed by atoms with van der Waals surface area (Å²) >= 11 is 0. The van der Waals surface area contributed by atoms with E-state index in [2.05, 4.69) is 12.1 Å². The molecule has 0 fully saturated rings. The van der Waals surface area contributed by atoms with Crippen molar-refractivity contribution in [2.75, 3.05) is 13.2 Å². The Morgan fingerprint density at radius 1 is 1.19 bits per heavy atom. The number of nitrogens with two attached hydrogens (primary N) is 1. The second-order valence-corrected chi connectivity index (χ2v) is 5.49. The average Bonchev–Trinajstić information content (AvgIpc) is 2.52. The maximum atomic E-state index is 10.6. The summed E-state index contributed by atoms with van der Waals surface area (Å²) in [5.41, 5.74) is 9.93. The van der Waals surface area contributed by atoms with Crippen LogP contribution in [-0.2, 0) is 19.3 Å². The van der Waals surface area contributed by atoms with E-state index in [1.165, 1.54) is 5.56 Å². The van der Waals surface area contributed by atoms with Crippen molar-refractivity contribution in [1.29, 1.82) is 0 Å². The smallest absolute Gasteiger partial charge is 0.123 e. The van der Waals surface area contributed by atoms with Crippen LogP contribution in [0.1, 0.15) is 28.7 Å². The molecule has 1 heterocycles. The van der Waals surface area contributed by atoms with Crippen LogP contribution in [0.2, 0.25) is 0 Å². The Balaban J connectivity index is 2.02. The van der Waals surface area contributed by atoms with Crippen LogP contribution in [0.25, 0.3) is 0 Å². The molecule has 0 amide bonds. The molecule has 0 radical (unpaired) electrons. The minimum Gasteiger partial charge on any atom is -0.507 e. The highest BCUT2D eigenvalue weighted by molar-refractivity contribution is 5.55. The third kappa shape index (κ3) is 2.88. The van der Waals surface area contributed by atoms with Crippen molar-refractivity contribution in [1.82, 2.24) is 0 Å². The van der Waals surface area contributed by atoms with E-state index in [9.17, 15) is 5.11 Å². The van der Waals surface area contributed by atoms with Gasteiger partial charge in [-0.15, -0.1) is 0 Å². The zero-order chi connectivity index (χ0) is 14.7. The molecular formula is C18H21NO2. The van der Waals surface area contributed by atoms with E-state index in [0.29, 0.717) is 25.1 Å². The Kier molecular flexibility index (Phi) is 4.11. The Labute approximate surface area is 125 Å². The van der Waals surface area contributed by atoms with Crippen molar-refractivity contribution in [2.24, 2.45) is 5.73 Å². The first-order chi connectivity index (χ1) is 10.3. The Hall–Kier alpha value is -2.00. The number of rotatable bonds is 4. The van der Waals surface area contributed by atoms with E-state index >= 15 is 0 Å². The van der Waals surface area contributed by atoms with Crippen molar-refractivity contribution in [3.8, 4) is 11.5 Å². The topological polar surface area (TPSA) is 55.5 Å². The van der Waals surface area contributed by atoms with Gasteiger partial charge in [0.05, 0.1) is 6.61 Å². The molecular weight excluding hydrogens is 262 g/mol. The molecule has 0 spiro atoms. The van der Waals surface area contributed by atoms with E-state index in [-0.39, 0.29) is 0 Å². The van der Waals surface area contributed by atoms with E-state index < -0.39 is 0 Å². The number of phenols is 1. The fraction of sp³-hybridized carbons (Fsp3) is 0.333. The number of hydrogen-bond acceptors (Lipinski definition) is 3. The molecule has 0 saturated heterocycles. The molecule has 0 atom stereocenters. The minimum atomic E-state index is 0.397. The highest BCUT2D eigenvalue weighted by atomic mass is 16.5. The lowest BCUT2D eigenvalue weighted by Crippen LogP contribution is -2.14. The van der Waals surface area contributed by atoms with E-state index in [0.717, 1.165) is 41.9 Å². The third-order valence-electron chi connectivity index (χ3n) is 4.02. The van der Waals surface area contributed by atoms with Crippen LogP contribution >= 0.6 is 0 Å². The average molecular weight is 283 g/mol. The maximum Gasteiger partial charge on any atom is 0.123 e. The van der Waals surface area contributed by atoms with Gasteiger partial charge in [0.25, 0.3) is 0 Å². The van der Waals surface area contributed by atoms with Gasteiger partial charge < -0.3 is 15.6 Å². The molecule has 1 aliphatic rings. The lowest BCUT2D eigenvalue weighted by molar-refractivity contribution is 0.286. The Morgan fingerprint density at radius 3 is 2.76 bits per heavy atom. The van der Waals surface area contributed by atoms with Crippen molar-refractivity contribution in [3.05, 3.63) is 58.7 Å². The van der Waals surface area contributed by atoms with Crippen molar-refractivity contribution in [2.45, 2.75) is 25.7 Å². The van der Waals surface area contributed by atoms with Crippen LogP contribution in [0.3, 0.4) is 0 Å². The number of aromatic hydroxyl groups is 1. The molecule has 0 aliphatic carbocycles. The summed E-state index contributed by atoms with van der Waals surface area (Å²) in [6.45, 7) is 1.29. The molecule has 3 N–H and O–H groups in total. The molecule has 2 aromatic carbocycles. The largest absolute Gasteiger partial charge is 0.507 e. The van der Waals surface area contributed by atoms with Crippen molar-refractivity contribution in [3.63, 3.8) is 0 Å². The first-order valence-corrected chi connectivity index (χ1v) is 7.53. The lowest BCUT2D eigenvalue weighted by atomic mass is 9.92. The van der Waals surface area contributed by atoms with Gasteiger partial charge in [0.2, 0.25) is 0 Å². The zero-order valence-corrected chi connectivity index (χ0v) is 12.1. The van der Waals surface area contributed by atoms with Gasteiger partial charge in [0.15, 0.2) is 0 Å². The summed E-state index contributed by atoms with van der Waals surface area (Å²) in [7, 11) is 0. The second kappa shape index (κ2) is 6.19. The molecule has 0 saturated carbocycles. The van der Waals surface area contributed by atoms with Gasteiger partial charge in [0, 0.05) is 23.1 Å². The predicted molar refractivity (Wildman–Crippen MR) is 83.9 cm³/mol.